The lowest BCUT2D eigenvalue weighted by Crippen LogP contribution is -2.75. The molecule has 0 spiro atoms. The van der Waals surface area contributed by atoms with Crippen LogP contribution in [0.4, 0.5) is 0 Å². The third-order valence-corrected chi connectivity index (χ3v) is 4.62. The van der Waals surface area contributed by atoms with Crippen LogP contribution in [0.3, 0.4) is 0 Å². The minimum Gasteiger partial charge on any atom is -0.387 e. The van der Waals surface area contributed by atoms with Crippen LogP contribution in [0.5, 0.6) is 0 Å². The maximum Gasteiger partial charge on any atom is 0.332 e. The first-order valence-electron chi connectivity index (χ1n) is 8.61. The normalized spacial score (nSPS) is 16.5. The molecule has 2 aromatic heterocycles. The van der Waals surface area contributed by atoms with E-state index in [1.165, 1.54) is 24.4 Å². The fourth-order valence-electron chi connectivity index (χ4n) is 3.15. The Hall–Kier alpha value is -2.42. The number of imidazole rings is 1. The highest BCUT2D eigenvalue weighted by Crippen LogP contribution is 2.06. The predicted molar refractivity (Wildman–Crippen MR) is 93.5 cm³/mol. The molecule has 1 aliphatic heterocycles. The molecular weight excluding hydrogens is 324 g/mol. The first-order chi connectivity index (χ1) is 12.0. The van der Waals surface area contributed by atoms with Crippen molar-refractivity contribution in [3.63, 3.8) is 0 Å². The number of amidine groups is 1. The van der Waals surface area contributed by atoms with Crippen molar-refractivity contribution in [1.82, 2.24) is 24.0 Å². The molecule has 9 heteroatoms. The van der Waals surface area contributed by atoms with Gasteiger partial charge in [0.1, 0.15) is 12.6 Å². The molecule has 3 heterocycles. The molecule has 9 nitrogen and oxygen atoms in total. The van der Waals surface area contributed by atoms with Gasteiger partial charge in [-0.3, -0.25) is 24.2 Å². The Balaban J connectivity index is 1.75. The van der Waals surface area contributed by atoms with Gasteiger partial charge in [-0.15, -0.1) is 0 Å². The molecule has 1 atom stereocenters. The van der Waals surface area contributed by atoms with Crippen LogP contribution < -0.4 is 21.6 Å². The third kappa shape index (κ3) is 3.51. The van der Waals surface area contributed by atoms with E-state index >= 15 is 0 Å². The number of aliphatic hydroxyl groups is 1. The Bertz CT molecular complexity index is 907. The Morgan fingerprint density at radius 3 is 2.88 bits per heavy atom. The Morgan fingerprint density at radius 2 is 2.08 bits per heavy atom. The summed E-state index contributed by atoms with van der Waals surface area (Å²) in [5.74, 6) is 1.06. The summed E-state index contributed by atoms with van der Waals surface area (Å²) in [5, 5.41) is 13.6. The fraction of sp³-hybridized carbons (Fsp3) is 0.625. The van der Waals surface area contributed by atoms with Gasteiger partial charge in [0, 0.05) is 20.5 Å². The van der Waals surface area contributed by atoms with Gasteiger partial charge in [-0.2, -0.15) is 0 Å². The zero-order chi connectivity index (χ0) is 18.0. The lowest BCUT2D eigenvalue weighted by molar-refractivity contribution is -0.459. The number of hydrogen-bond donors (Lipinski definition) is 3. The lowest BCUT2D eigenvalue weighted by atomic mass is 10.2. The number of fused-ring (bicyclic) bond motifs is 1. The first-order valence-corrected chi connectivity index (χ1v) is 8.61. The molecule has 0 aliphatic carbocycles. The summed E-state index contributed by atoms with van der Waals surface area (Å²) in [5.41, 5.74) is -0.173. The molecule has 0 amide bonds. The Morgan fingerprint density at radius 1 is 1.28 bits per heavy atom. The second-order valence-corrected chi connectivity index (χ2v) is 6.53. The van der Waals surface area contributed by atoms with E-state index in [1.807, 2.05) is 0 Å². The monoisotopic (exact) mass is 349 g/mol. The standard InChI is InChI=1S/C16H24N6O3/c1-20-14-13(15(24)21(2)16(20)25)22(10-19-14)9-11(23)8-18-12-6-4-3-5-7-17-12/h10-11,23H,3-9H2,1-2H3,(H,17,18)/p+1/t11-/m0/s1. The Labute approximate surface area is 144 Å². The quantitative estimate of drug-likeness (QED) is 0.563. The molecule has 0 aromatic carbocycles. The number of aryl methyl sites for hydroxylation is 1. The summed E-state index contributed by atoms with van der Waals surface area (Å²) in [6.07, 6.45) is 5.29. The number of aromatic nitrogens is 4. The van der Waals surface area contributed by atoms with Gasteiger partial charge in [0.15, 0.2) is 11.2 Å². The predicted octanol–water partition coefficient (Wildman–Crippen LogP) is -2.56. The molecule has 0 fully saturated rings. The summed E-state index contributed by atoms with van der Waals surface area (Å²) in [6.45, 7) is 1.56. The fourth-order valence-corrected chi connectivity index (χ4v) is 3.15. The smallest absolute Gasteiger partial charge is 0.332 e. The molecule has 0 bridgehead atoms. The summed E-state index contributed by atoms with van der Waals surface area (Å²) < 4.78 is 3.99. The van der Waals surface area contributed by atoms with E-state index in [0.717, 1.165) is 36.2 Å². The van der Waals surface area contributed by atoms with E-state index in [0.29, 0.717) is 17.7 Å². The van der Waals surface area contributed by atoms with E-state index < -0.39 is 17.4 Å². The minimum atomic E-state index is -0.683. The molecule has 1 aliphatic rings. The average Bonchev–Trinajstić information content (AvgIpc) is 2.83. The number of nitrogens with one attached hydrogen (secondary N) is 2. The van der Waals surface area contributed by atoms with Crippen molar-refractivity contribution in [1.29, 1.82) is 0 Å². The van der Waals surface area contributed by atoms with E-state index in [1.54, 1.807) is 11.6 Å². The summed E-state index contributed by atoms with van der Waals surface area (Å²) >= 11 is 0. The summed E-state index contributed by atoms with van der Waals surface area (Å²) in [6, 6.07) is 0. The van der Waals surface area contributed by atoms with Crippen LogP contribution in [0.25, 0.3) is 11.2 Å². The number of rotatable bonds is 4. The van der Waals surface area contributed by atoms with E-state index in [9.17, 15) is 14.7 Å². The largest absolute Gasteiger partial charge is 0.387 e. The zero-order valence-electron chi connectivity index (χ0n) is 14.7. The van der Waals surface area contributed by atoms with Crippen molar-refractivity contribution in [2.24, 2.45) is 14.1 Å². The highest BCUT2D eigenvalue weighted by atomic mass is 16.3. The minimum absolute atomic E-state index is 0.226. The van der Waals surface area contributed by atoms with Crippen molar-refractivity contribution in [2.45, 2.75) is 38.3 Å². The van der Waals surface area contributed by atoms with Crippen molar-refractivity contribution >= 4 is 17.0 Å². The molecule has 0 saturated carbocycles. The van der Waals surface area contributed by atoms with Crippen molar-refractivity contribution in [2.75, 3.05) is 13.1 Å². The van der Waals surface area contributed by atoms with Gasteiger partial charge in [0.2, 0.25) is 5.84 Å². The molecule has 2 aromatic rings. The summed E-state index contributed by atoms with van der Waals surface area (Å²) in [4.78, 5) is 31.8. The maximum absolute atomic E-state index is 12.4. The van der Waals surface area contributed by atoms with Gasteiger partial charge < -0.3 is 9.67 Å². The lowest BCUT2D eigenvalue weighted by Gasteiger charge is -2.11. The van der Waals surface area contributed by atoms with Gasteiger partial charge in [0.05, 0.1) is 19.4 Å². The SMILES string of the molecule is Cn1c(=O)c2c(ncn2C[C@@H](O)CNC2=[NH+]CCCCC2)n(C)c1=O. The highest BCUT2D eigenvalue weighted by molar-refractivity contribution is 5.76. The van der Waals surface area contributed by atoms with Gasteiger partial charge in [-0.25, -0.2) is 9.78 Å². The van der Waals surface area contributed by atoms with Crippen LogP contribution in [0.2, 0.25) is 0 Å². The molecule has 25 heavy (non-hydrogen) atoms. The van der Waals surface area contributed by atoms with Crippen molar-refractivity contribution in [3.8, 4) is 0 Å². The van der Waals surface area contributed by atoms with Gasteiger partial charge in [-0.1, -0.05) is 0 Å². The molecule has 0 saturated heterocycles. The van der Waals surface area contributed by atoms with Crippen LogP contribution in [0, 0.1) is 0 Å². The van der Waals surface area contributed by atoms with Gasteiger partial charge in [0.25, 0.3) is 5.56 Å². The highest BCUT2D eigenvalue weighted by Gasteiger charge is 2.18. The van der Waals surface area contributed by atoms with Crippen molar-refractivity contribution in [3.05, 3.63) is 27.2 Å². The van der Waals surface area contributed by atoms with Gasteiger partial charge >= 0.3 is 5.69 Å². The molecule has 136 valence electrons. The third-order valence-electron chi connectivity index (χ3n) is 4.62. The maximum atomic E-state index is 12.4. The van der Waals surface area contributed by atoms with E-state index in [-0.39, 0.29) is 6.54 Å². The molecule has 0 radical (unpaired) electrons. The van der Waals surface area contributed by atoms with Crippen LogP contribution in [0.15, 0.2) is 15.9 Å². The van der Waals surface area contributed by atoms with Crippen LogP contribution in [-0.4, -0.2) is 48.8 Å². The van der Waals surface area contributed by atoms with Crippen LogP contribution in [0.1, 0.15) is 25.7 Å². The molecular formula is C16H25N6O3+. The molecule has 0 unspecified atom stereocenters. The van der Waals surface area contributed by atoms with E-state index in [4.69, 9.17) is 0 Å². The van der Waals surface area contributed by atoms with Gasteiger partial charge in [-0.05, 0) is 19.3 Å². The number of aliphatic hydroxyl groups excluding tert-OH is 1. The Kier molecular flexibility index (Phi) is 5.03. The topological polar surface area (TPSA) is 108 Å². The van der Waals surface area contributed by atoms with Crippen LogP contribution >= 0.6 is 0 Å². The second kappa shape index (κ2) is 7.22. The average molecular weight is 349 g/mol. The molecule has 3 N–H and O–H groups in total. The van der Waals surface area contributed by atoms with E-state index in [2.05, 4.69) is 15.3 Å². The van der Waals surface area contributed by atoms with Crippen LogP contribution in [-0.2, 0) is 20.6 Å². The molecule has 3 rings (SSSR count). The first kappa shape index (κ1) is 17.4. The van der Waals surface area contributed by atoms with Crippen molar-refractivity contribution < 1.29 is 10.1 Å². The number of nitrogens with zero attached hydrogens (tertiary/aromatic N) is 4. The second-order valence-electron chi connectivity index (χ2n) is 6.53. The summed E-state index contributed by atoms with van der Waals surface area (Å²) in [7, 11) is 3.02. The number of hydrogen-bond acceptors (Lipinski definition) is 5. The zero-order valence-corrected chi connectivity index (χ0v) is 14.7.